The van der Waals surface area contributed by atoms with Crippen molar-refractivity contribution in [3.05, 3.63) is 49.8 Å². The molecule has 2 N–H and O–H groups in total. The van der Waals surface area contributed by atoms with Crippen LogP contribution >= 0.6 is 46.8 Å². The Balaban J connectivity index is 1.75. The van der Waals surface area contributed by atoms with E-state index in [2.05, 4.69) is 37.5 Å². The zero-order valence-corrected chi connectivity index (χ0v) is 19.5. The van der Waals surface area contributed by atoms with Crippen LogP contribution in [0, 0.1) is 22.7 Å². The Morgan fingerprint density at radius 2 is 2.07 bits per heavy atom. The highest BCUT2D eigenvalue weighted by molar-refractivity contribution is 7.80. The van der Waals surface area contributed by atoms with E-state index < -0.39 is 5.91 Å². The number of carbonyl (C=O) groups excluding carboxylic acids is 1. The van der Waals surface area contributed by atoms with Crippen LogP contribution in [-0.2, 0) is 12.8 Å². The van der Waals surface area contributed by atoms with Crippen LogP contribution in [0.25, 0.3) is 0 Å². The fourth-order valence-electron chi connectivity index (χ4n) is 3.51. The van der Waals surface area contributed by atoms with Gasteiger partial charge in [0.05, 0.1) is 16.1 Å². The lowest BCUT2D eigenvalue weighted by Crippen LogP contribution is -2.34. The largest absolute Gasteiger partial charge is 0.323 e. The number of thiophene rings is 1. The number of benzene rings is 1. The topological polar surface area (TPSA) is 64.9 Å². The SMILES string of the molecule is CC(C)(C)[C@H]1CCc2c(sc(NC(=S)NC(=O)c3ccc(Cl)cc3Cl)c2C#N)C1. The number of rotatable bonds is 2. The van der Waals surface area contributed by atoms with E-state index in [1.165, 1.54) is 10.9 Å². The molecular weight excluding hydrogens is 445 g/mol. The van der Waals surface area contributed by atoms with Gasteiger partial charge in [-0.1, -0.05) is 44.0 Å². The number of hydrogen-bond donors (Lipinski definition) is 2. The van der Waals surface area contributed by atoms with Crippen molar-refractivity contribution in [3.8, 4) is 6.07 Å². The Kier molecular flexibility index (Phi) is 6.54. The van der Waals surface area contributed by atoms with Crippen molar-refractivity contribution in [2.45, 2.75) is 40.0 Å². The lowest BCUT2D eigenvalue weighted by atomic mass is 9.72. The maximum atomic E-state index is 12.5. The van der Waals surface area contributed by atoms with E-state index in [0.29, 0.717) is 21.5 Å². The molecule has 152 valence electrons. The molecule has 1 atom stereocenters. The van der Waals surface area contributed by atoms with Crippen LogP contribution in [0.2, 0.25) is 10.0 Å². The molecule has 0 bridgehead atoms. The summed E-state index contributed by atoms with van der Waals surface area (Å²) in [6.07, 6.45) is 2.91. The molecule has 1 aliphatic rings. The summed E-state index contributed by atoms with van der Waals surface area (Å²) >= 11 is 18.8. The van der Waals surface area contributed by atoms with Gasteiger partial charge in [0, 0.05) is 9.90 Å². The summed E-state index contributed by atoms with van der Waals surface area (Å²) in [6.45, 7) is 6.77. The molecule has 1 amide bonds. The first-order chi connectivity index (χ1) is 13.6. The molecule has 29 heavy (non-hydrogen) atoms. The van der Waals surface area contributed by atoms with Crippen LogP contribution in [0.5, 0.6) is 0 Å². The molecule has 0 radical (unpaired) electrons. The number of amides is 1. The number of anilines is 1. The molecule has 4 nitrogen and oxygen atoms in total. The van der Waals surface area contributed by atoms with Gasteiger partial charge in [0.15, 0.2) is 5.11 Å². The third-order valence-electron chi connectivity index (χ3n) is 5.23. The van der Waals surface area contributed by atoms with Crippen LogP contribution < -0.4 is 10.6 Å². The van der Waals surface area contributed by atoms with Gasteiger partial charge in [-0.3, -0.25) is 10.1 Å². The van der Waals surface area contributed by atoms with E-state index in [1.54, 1.807) is 23.5 Å². The van der Waals surface area contributed by atoms with Gasteiger partial charge in [0.1, 0.15) is 11.1 Å². The number of halogens is 2. The zero-order valence-electron chi connectivity index (χ0n) is 16.4. The monoisotopic (exact) mass is 465 g/mol. The highest BCUT2D eigenvalue weighted by Gasteiger charge is 2.32. The second-order valence-corrected chi connectivity index (χ2v) is 10.5. The molecule has 2 aromatic rings. The van der Waals surface area contributed by atoms with Gasteiger partial charge in [-0.15, -0.1) is 11.3 Å². The fraction of sp³-hybridized carbons (Fsp3) is 0.381. The molecule has 0 saturated carbocycles. The molecule has 8 heteroatoms. The summed E-state index contributed by atoms with van der Waals surface area (Å²) in [6, 6.07) is 6.93. The number of hydrogen-bond acceptors (Lipinski definition) is 4. The Morgan fingerprint density at radius 3 is 2.69 bits per heavy atom. The lowest BCUT2D eigenvalue weighted by molar-refractivity contribution is 0.0978. The Bertz CT molecular complexity index is 1020. The zero-order chi connectivity index (χ0) is 21.3. The van der Waals surface area contributed by atoms with Crippen LogP contribution in [0.3, 0.4) is 0 Å². The van der Waals surface area contributed by atoms with Gasteiger partial charge in [0.25, 0.3) is 5.91 Å². The number of thiocarbonyl (C=S) groups is 1. The molecule has 0 aliphatic heterocycles. The number of fused-ring (bicyclic) bond motifs is 1. The van der Waals surface area contributed by atoms with Gasteiger partial charge in [-0.2, -0.15) is 5.26 Å². The summed E-state index contributed by atoms with van der Waals surface area (Å²) in [5.41, 5.74) is 2.23. The molecule has 0 saturated heterocycles. The molecule has 0 fully saturated rings. The summed E-state index contributed by atoms with van der Waals surface area (Å²) in [7, 11) is 0. The molecule has 0 spiro atoms. The summed E-state index contributed by atoms with van der Waals surface area (Å²) < 4.78 is 0. The highest BCUT2D eigenvalue weighted by atomic mass is 35.5. The first-order valence-electron chi connectivity index (χ1n) is 9.22. The second-order valence-electron chi connectivity index (χ2n) is 8.16. The Morgan fingerprint density at radius 1 is 1.34 bits per heavy atom. The predicted molar refractivity (Wildman–Crippen MR) is 124 cm³/mol. The van der Waals surface area contributed by atoms with Crippen molar-refractivity contribution < 1.29 is 4.79 Å². The van der Waals surface area contributed by atoms with Crippen LogP contribution in [0.4, 0.5) is 5.00 Å². The Hall–Kier alpha value is -1.65. The normalized spacial score (nSPS) is 15.9. The number of nitriles is 1. The third kappa shape index (κ3) is 4.92. The Labute approximate surface area is 190 Å². The average molecular weight is 466 g/mol. The maximum Gasteiger partial charge on any atom is 0.258 e. The predicted octanol–water partition coefficient (Wildman–Crippen LogP) is 6.20. The van der Waals surface area contributed by atoms with E-state index in [-0.39, 0.29) is 21.1 Å². The smallest absolute Gasteiger partial charge is 0.258 e. The molecule has 3 rings (SSSR count). The van der Waals surface area contributed by atoms with Gasteiger partial charge < -0.3 is 5.32 Å². The van der Waals surface area contributed by atoms with E-state index in [4.69, 9.17) is 35.4 Å². The van der Waals surface area contributed by atoms with Crippen molar-refractivity contribution in [1.82, 2.24) is 5.32 Å². The van der Waals surface area contributed by atoms with E-state index in [1.807, 2.05) is 0 Å². The molecule has 1 aromatic carbocycles. The average Bonchev–Trinajstić information content (AvgIpc) is 2.96. The summed E-state index contributed by atoms with van der Waals surface area (Å²) in [4.78, 5) is 13.7. The number of carbonyl (C=O) groups is 1. The molecule has 0 unspecified atom stereocenters. The van der Waals surface area contributed by atoms with Crippen molar-refractivity contribution in [3.63, 3.8) is 0 Å². The maximum absolute atomic E-state index is 12.5. The van der Waals surface area contributed by atoms with Gasteiger partial charge in [0.2, 0.25) is 0 Å². The van der Waals surface area contributed by atoms with Crippen LogP contribution in [0.15, 0.2) is 18.2 Å². The summed E-state index contributed by atoms with van der Waals surface area (Å²) in [5, 5.41) is 16.8. The minimum Gasteiger partial charge on any atom is -0.323 e. The quantitative estimate of drug-likeness (QED) is 0.517. The van der Waals surface area contributed by atoms with E-state index >= 15 is 0 Å². The van der Waals surface area contributed by atoms with Gasteiger partial charge in [-0.05, 0) is 66.6 Å². The van der Waals surface area contributed by atoms with E-state index in [9.17, 15) is 10.1 Å². The first kappa shape index (κ1) is 22.0. The highest BCUT2D eigenvalue weighted by Crippen LogP contribution is 2.43. The standard InChI is InChI=1S/C21H21Cl2N3OS2/c1-21(2,3)11-4-6-13-15(10-24)19(29-17(13)8-11)26-20(28)25-18(27)14-7-5-12(22)9-16(14)23/h5,7,9,11H,4,6,8H2,1-3H3,(H2,25,26,27,28)/t11-/m0/s1. The molecular formula is C21H21Cl2N3OS2. The van der Waals surface area contributed by atoms with E-state index in [0.717, 1.165) is 24.8 Å². The number of nitrogens with zero attached hydrogens (tertiary/aromatic N) is 1. The van der Waals surface area contributed by atoms with Crippen molar-refractivity contribution in [1.29, 1.82) is 5.26 Å². The minimum atomic E-state index is -0.434. The minimum absolute atomic E-state index is 0.128. The van der Waals surface area contributed by atoms with Gasteiger partial charge in [-0.25, -0.2) is 0 Å². The third-order valence-corrected chi connectivity index (χ3v) is 7.15. The second kappa shape index (κ2) is 8.61. The van der Waals surface area contributed by atoms with Crippen molar-refractivity contribution >= 4 is 62.8 Å². The van der Waals surface area contributed by atoms with Crippen LogP contribution in [-0.4, -0.2) is 11.0 Å². The fourth-order valence-corrected chi connectivity index (χ4v) is 5.55. The first-order valence-corrected chi connectivity index (χ1v) is 11.2. The molecule has 1 aromatic heterocycles. The van der Waals surface area contributed by atoms with Gasteiger partial charge >= 0.3 is 0 Å². The number of nitrogens with one attached hydrogen (secondary N) is 2. The molecule has 1 heterocycles. The van der Waals surface area contributed by atoms with Crippen molar-refractivity contribution in [2.24, 2.45) is 11.3 Å². The van der Waals surface area contributed by atoms with Crippen LogP contribution in [0.1, 0.15) is 53.6 Å². The molecule has 1 aliphatic carbocycles. The lowest BCUT2D eigenvalue weighted by Gasteiger charge is -2.33. The summed E-state index contributed by atoms with van der Waals surface area (Å²) in [5.74, 6) is 0.142. The van der Waals surface area contributed by atoms with Crippen molar-refractivity contribution in [2.75, 3.05) is 5.32 Å².